The smallest absolute Gasteiger partial charge is 0.238 e. The van der Waals surface area contributed by atoms with Crippen LogP contribution in [-0.4, -0.2) is 69.9 Å². The summed E-state index contributed by atoms with van der Waals surface area (Å²) in [5.74, 6) is 1.55. The van der Waals surface area contributed by atoms with Crippen molar-refractivity contribution in [2.24, 2.45) is 0 Å². The van der Waals surface area contributed by atoms with E-state index in [4.69, 9.17) is 4.74 Å². The highest BCUT2D eigenvalue weighted by molar-refractivity contribution is 5.93. The van der Waals surface area contributed by atoms with Gasteiger partial charge in [0.1, 0.15) is 17.9 Å². The summed E-state index contributed by atoms with van der Waals surface area (Å²) in [6.07, 6.45) is 1.60. The van der Waals surface area contributed by atoms with E-state index < -0.39 is 0 Å². The zero-order valence-electron chi connectivity index (χ0n) is 15.8. The quantitative estimate of drug-likeness (QED) is 0.688. The van der Waals surface area contributed by atoms with Crippen molar-refractivity contribution in [1.29, 1.82) is 0 Å². The molecule has 0 spiro atoms. The highest BCUT2D eigenvalue weighted by Gasteiger charge is 2.20. The van der Waals surface area contributed by atoms with Gasteiger partial charge < -0.3 is 15.0 Å². The Bertz CT molecular complexity index is 950. The number of carbonyl (C=O) groups excluding carboxylic acids is 1. The van der Waals surface area contributed by atoms with Crippen LogP contribution in [0, 0.1) is 0 Å². The third-order valence-electron chi connectivity index (χ3n) is 4.67. The summed E-state index contributed by atoms with van der Waals surface area (Å²) in [5, 5.41) is 15.3. The molecule has 0 radical (unpaired) electrons. The maximum Gasteiger partial charge on any atom is 0.238 e. The van der Waals surface area contributed by atoms with Crippen LogP contribution in [0.25, 0.3) is 5.65 Å². The number of nitrogens with one attached hydrogen (secondary N) is 1. The number of amides is 1. The predicted molar refractivity (Wildman–Crippen MR) is 106 cm³/mol. The Kier molecular flexibility index (Phi) is 5.34. The van der Waals surface area contributed by atoms with Gasteiger partial charge in [-0.3, -0.25) is 9.69 Å². The van der Waals surface area contributed by atoms with Gasteiger partial charge in [-0.2, -0.15) is 4.52 Å². The first kappa shape index (κ1) is 18.2. The number of piperazine rings is 1. The number of para-hydroxylation sites is 2. The lowest BCUT2D eigenvalue weighted by atomic mass is 10.2. The highest BCUT2D eigenvalue weighted by atomic mass is 16.5. The molecule has 0 bridgehead atoms. The maximum absolute atomic E-state index is 12.5. The highest BCUT2D eigenvalue weighted by Crippen LogP contribution is 2.23. The molecule has 4 rings (SSSR count). The number of fused-ring (bicyclic) bond motifs is 1. The van der Waals surface area contributed by atoms with Crippen LogP contribution in [0.4, 0.5) is 11.5 Å². The molecule has 9 heteroatoms. The number of hydrogen-bond donors (Lipinski definition) is 1. The molecule has 2 aromatic heterocycles. The van der Waals surface area contributed by atoms with Crippen molar-refractivity contribution in [3.8, 4) is 5.75 Å². The predicted octanol–water partition coefficient (Wildman–Crippen LogP) is 1.28. The number of aromatic nitrogens is 4. The SMILES string of the molecule is CCOc1ccccc1NC(=O)CN1CCN(c2ccc3nncn3n2)CC1. The van der Waals surface area contributed by atoms with Gasteiger partial charge in [0.2, 0.25) is 5.91 Å². The molecule has 1 amide bonds. The minimum atomic E-state index is -0.0374. The van der Waals surface area contributed by atoms with Crippen LogP contribution in [0.5, 0.6) is 5.75 Å². The fourth-order valence-corrected chi connectivity index (χ4v) is 3.27. The number of benzene rings is 1. The first-order valence-electron chi connectivity index (χ1n) is 9.39. The van der Waals surface area contributed by atoms with Gasteiger partial charge in [0, 0.05) is 26.2 Å². The van der Waals surface area contributed by atoms with Crippen molar-refractivity contribution in [2.45, 2.75) is 6.92 Å². The molecular formula is C19H23N7O2. The Hall–Kier alpha value is -3.20. The second-order valence-electron chi connectivity index (χ2n) is 6.57. The third-order valence-corrected chi connectivity index (χ3v) is 4.67. The topological polar surface area (TPSA) is 87.9 Å². The molecule has 1 fully saturated rings. The number of ether oxygens (including phenoxy) is 1. The average Bonchev–Trinajstić information content (AvgIpc) is 3.18. The van der Waals surface area contributed by atoms with Gasteiger partial charge >= 0.3 is 0 Å². The fraction of sp³-hybridized carbons (Fsp3) is 0.368. The summed E-state index contributed by atoms with van der Waals surface area (Å²) < 4.78 is 7.23. The van der Waals surface area contributed by atoms with E-state index in [0.29, 0.717) is 24.6 Å². The zero-order chi connectivity index (χ0) is 19.3. The van der Waals surface area contributed by atoms with Crippen LogP contribution in [0.1, 0.15) is 6.92 Å². The summed E-state index contributed by atoms with van der Waals surface area (Å²) in [4.78, 5) is 16.8. The molecule has 0 aliphatic carbocycles. The minimum Gasteiger partial charge on any atom is -0.492 e. The second kappa shape index (κ2) is 8.22. The molecule has 1 aromatic carbocycles. The Balaban J connectivity index is 1.31. The number of hydrogen-bond acceptors (Lipinski definition) is 7. The zero-order valence-corrected chi connectivity index (χ0v) is 15.8. The van der Waals surface area contributed by atoms with Crippen LogP contribution in [0.3, 0.4) is 0 Å². The van der Waals surface area contributed by atoms with Crippen molar-refractivity contribution in [3.63, 3.8) is 0 Å². The van der Waals surface area contributed by atoms with Crippen LogP contribution in [-0.2, 0) is 4.79 Å². The maximum atomic E-state index is 12.5. The molecule has 146 valence electrons. The van der Waals surface area contributed by atoms with E-state index in [0.717, 1.165) is 37.6 Å². The Labute approximate surface area is 162 Å². The molecule has 0 unspecified atom stereocenters. The van der Waals surface area contributed by atoms with Gasteiger partial charge in [0.25, 0.3) is 0 Å². The standard InChI is InChI=1S/C19H23N7O2/c1-2-28-16-6-4-3-5-15(16)21-19(27)13-24-9-11-25(12-10-24)18-8-7-17-22-20-14-26(17)23-18/h3-8,14H,2,9-13H2,1H3,(H,21,27). The van der Waals surface area contributed by atoms with E-state index in [2.05, 4.69) is 30.4 Å². The Morgan fingerprint density at radius 2 is 1.96 bits per heavy atom. The number of carbonyl (C=O) groups is 1. The molecule has 1 aliphatic heterocycles. The largest absolute Gasteiger partial charge is 0.492 e. The Morgan fingerprint density at radius 3 is 2.79 bits per heavy atom. The van der Waals surface area contributed by atoms with Gasteiger partial charge in [0.05, 0.1) is 18.8 Å². The first-order chi connectivity index (χ1) is 13.7. The molecule has 0 saturated carbocycles. The number of rotatable bonds is 6. The number of nitrogens with zero attached hydrogens (tertiary/aromatic N) is 6. The van der Waals surface area contributed by atoms with Crippen molar-refractivity contribution in [2.75, 3.05) is 49.5 Å². The van der Waals surface area contributed by atoms with Crippen molar-refractivity contribution in [3.05, 3.63) is 42.7 Å². The van der Waals surface area contributed by atoms with Crippen LogP contribution >= 0.6 is 0 Å². The molecule has 1 N–H and O–H groups in total. The molecular weight excluding hydrogens is 358 g/mol. The van der Waals surface area contributed by atoms with Crippen LogP contribution in [0.15, 0.2) is 42.7 Å². The van der Waals surface area contributed by atoms with Crippen molar-refractivity contribution in [1.82, 2.24) is 24.7 Å². The van der Waals surface area contributed by atoms with E-state index in [9.17, 15) is 4.79 Å². The lowest BCUT2D eigenvalue weighted by Crippen LogP contribution is -2.49. The third kappa shape index (κ3) is 4.04. The van der Waals surface area contributed by atoms with Gasteiger partial charge in [-0.15, -0.1) is 15.3 Å². The van der Waals surface area contributed by atoms with E-state index in [1.165, 1.54) is 0 Å². The van der Waals surface area contributed by atoms with Crippen molar-refractivity contribution < 1.29 is 9.53 Å². The van der Waals surface area contributed by atoms with Crippen molar-refractivity contribution >= 4 is 23.1 Å². The van der Waals surface area contributed by atoms with E-state index in [-0.39, 0.29) is 5.91 Å². The van der Waals surface area contributed by atoms with E-state index in [1.807, 2.05) is 43.3 Å². The second-order valence-corrected chi connectivity index (χ2v) is 6.57. The number of anilines is 2. The normalized spacial score (nSPS) is 15.0. The van der Waals surface area contributed by atoms with Gasteiger partial charge in [-0.25, -0.2) is 0 Å². The molecule has 9 nitrogen and oxygen atoms in total. The lowest BCUT2D eigenvalue weighted by molar-refractivity contribution is -0.117. The average molecular weight is 381 g/mol. The summed E-state index contributed by atoms with van der Waals surface area (Å²) in [6.45, 7) is 6.04. The van der Waals surface area contributed by atoms with Gasteiger partial charge in [-0.05, 0) is 31.2 Å². The molecule has 1 aliphatic rings. The summed E-state index contributed by atoms with van der Waals surface area (Å²) in [6, 6.07) is 11.4. The summed E-state index contributed by atoms with van der Waals surface area (Å²) in [7, 11) is 0. The molecule has 1 saturated heterocycles. The monoisotopic (exact) mass is 381 g/mol. The molecule has 0 atom stereocenters. The van der Waals surface area contributed by atoms with Crippen LogP contribution in [0.2, 0.25) is 0 Å². The summed E-state index contributed by atoms with van der Waals surface area (Å²) >= 11 is 0. The summed E-state index contributed by atoms with van der Waals surface area (Å²) in [5.41, 5.74) is 1.44. The lowest BCUT2D eigenvalue weighted by Gasteiger charge is -2.34. The van der Waals surface area contributed by atoms with Gasteiger partial charge in [-0.1, -0.05) is 12.1 Å². The Morgan fingerprint density at radius 1 is 1.14 bits per heavy atom. The van der Waals surface area contributed by atoms with E-state index in [1.54, 1.807) is 10.8 Å². The molecule has 3 heterocycles. The van der Waals surface area contributed by atoms with Crippen LogP contribution < -0.4 is 15.0 Å². The molecule has 28 heavy (non-hydrogen) atoms. The fourth-order valence-electron chi connectivity index (χ4n) is 3.27. The molecule has 3 aromatic rings. The van der Waals surface area contributed by atoms with Gasteiger partial charge in [0.15, 0.2) is 5.65 Å². The minimum absolute atomic E-state index is 0.0374. The first-order valence-corrected chi connectivity index (χ1v) is 9.39. The van der Waals surface area contributed by atoms with E-state index >= 15 is 0 Å².